The summed E-state index contributed by atoms with van der Waals surface area (Å²) >= 11 is 0. The highest BCUT2D eigenvalue weighted by molar-refractivity contribution is 6.85. The van der Waals surface area contributed by atoms with Crippen molar-refractivity contribution in [2.24, 2.45) is 0 Å². The van der Waals surface area contributed by atoms with Crippen molar-refractivity contribution in [1.82, 2.24) is 0 Å². The molecule has 0 amide bonds. The third kappa shape index (κ3) is 3.79. The molecule has 0 aliphatic carbocycles. The second kappa shape index (κ2) is 3.71. The maximum absolute atomic E-state index is 6.21. The molecule has 0 aromatic rings. The molecule has 1 nitrogen and oxygen atoms in total. The smallest absolute Gasteiger partial charge is 0.184 e. The zero-order valence-corrected chi connectivity index (χ0v) is 12.2. The molecule has 0 N–H and O–H groups in total. The quantitative estimate of drug-likeness (QED) is 0.653. The summed E-state index contributed by atoms with van der Waals surface area (Å²) < 4.78 is 6.21. The van der Waals surface area contributed by atoms with Crippen molar-refractivity contribution in [2.75, 3.05) is 0 Å². The molecule has 0 fully saturated rings. The standard InChI is InChI=1S/C10H24OSi2/c1-9-13(7,8)10(2,3)11-12(4,5)6/h9H,1H2,2-8H3. The molecule has 0 unspecified atom stereocenters. The Labute approximate surface area is 85.3 Å². The minimum absolute atomic E-state index is 0.0131. The van der Waals surface area contributed by atoms with Crippen molar-refractivity contribution in [3.05, 3.63) is 12.3 Å². The zero-order valence-electron chi connectivity index (χ0n) is 10.2. The fraction of sp³-hybridized carbons (Fsp3) is 0.800. The van der Waals surface area contributed by atoms with Crippen LogP contribution in [-0.4, -0.2) is 21.6 Å². The van der Waals surface area contributed by atoms with E-state index in [0.29, 0.717) is 0 Å². The highest BCUT2D eigenvalue weighted by Gasteiger charge is 2.40. The van der Waals surface area contributed by atoms with Crippen LogP contribution < -0.4 is 0 Å². The van der Waals surface area contributed by atoms with Gasteiger partial charge in [0.25, 0.3) is 0 Å². The summed E-state index contributed by atoms with van der Waals surface area (Å²) in [6.07, 6.45) is 0. The van der Waals surface area contributed by atoms with Crippen LogP contribution in [0.1, 0.15) is 13.8 Å². The van der Waals surface area contributed by atoms with Crippen molar-refractivity contribution in [3.8, 4) is 0 Å². The molecule has 0 aromatic heterocycles. The Balaban J connectivity index is 4.67. The third-order valence-electron chi connectivity index (χ3n) is 2.62. The summed E-state index contributed by atoms with van der Waals surface area (Å²) in [5, 5.41) is 0.0131. The van der Waals surface area contributed by atoms with Crippen molar-refractivity contribution >= 4 is 16.4 Å². The van der Waals surface area contributed by atoms with E-state index in [1.54, 1.807) is 0 Å². The summed E-state index contributed by atoms with van der Waals surface area (Å²) in [6.45, 7) is 19.7. The molecule has 0 saturated carbocycles. The van der Waals surface area contributed by atoms with Crippen molar-refractivity contribution in [3.63, 3.8) is 0 Å². The van der Waals surface area contributed by atoms with Gasteiger partial charge in [-0.05, 0) is 33.5 Å². The first-order chi connectivity index (χ1) is 5.52. The molecular weight excluding hydrogens is 192 g/mol. The molecule has 0 radical (unpaired) electrons. The van der Waals surface area contributed by atoms with Crippen LogP contribution in [0.4, 0.5) is 0 Å². The van der Waals surface area contributed by atoms with E-state index < -0.39 is 16.4 Å². The number of hydrogen-bond donors (Lipinski definition) is 0. The summed E-state index contributed by atoms with van der Waals surface area (Å²) in [7, 11) is -2.87. The van der Waals surface area contributed by atoms with Crippen LogP contribution in [0.15, 0.2) is 12.3 Å². The lowest BCUT2D eigenvalue weighted by molar-refractivity contribution is 0.178. The summed E-state index contributed by atoms with van der Waals surface area (Å²) in [5.74, 6) is 0. The average molecular weight is 216 g/mol. The molecule has 0 saturated heterocycles. The summed E-state index contributed by atoms with van der Waals surface area (Å²) in [4.78, 5) is 0. The zero-order chi connectivity index (χ0) is 10.9. The molecule has 0 rings (SSSR count). The monoisotopic (exact) mass is 216 g/mol. The largest absolute Gasteiger partial charge is 0.415 e. The minimum atomic E-state index is -1.44. The molecule has 0 aliphatic heterocycles. The van der Waals surface area contributed by atoms with E-state index >= 15 is 0 Å². The Bertz CT molecular complexity index is 190. The highest BCUT2D eigenvalue weighted by Crippen LogP contribution is 2.28. The highest BCUT2D eigenvalue weighted by atomic mass is 28.4. The Hall–Kier alpha value is 0.134. The SMILES string of the molecule is C=C[Si](C)(C)C(C)(C)O[Si](C)(C)C. The van der Waals surface area contributed by atoms with Gasteiger partial charge >= 0.3 is 0 Å². The van der Waals surface area contributed by atoms with Gasteiger partial charge in [0.2, 0.25) is 0 Å². The van der Waals surface area contributed by atoms with Gasteiger partial charge in [-0.15, -0.1) is 6.58 Å². The Morgan fingerprint density at radius 3 is 1.69 bits per heavy atom. The fourth-order valence-corrected chi connectivity index (χ4v) is 5.14. The predicted molar refractivity (Wildman–Crippen MR) is 66.2 cm³/mol. The third-order valence-corrected chi connectivity index (χ3v) is 8.18. The van der Waals surface area contributed by atoms with Gasteiger partial charge in [-0.25, -0.2) is 0 Å². The van der Waals surface area contributed by atoms with Gasteiger partial charge in [0.05, 0.1) is 0 Å². The Morgan fingerprint density at radius 1 is 1.08 bits per heavy atom. The van der Waals surface area contributed by atoms with E-state index in [1.807, 2.05) is 0 Å². The van der Waals surface area contributed by atoms with Gasteiger partial charge < -0.3 is 4.43 Å². The molecule has 78 valence electrons. The van der Waals surface area contributed by atoms with Gasteiger partial charge in [-0.3, -0.25) is 0 Å². The second-order valence-electron chi connectivity index (χ2n) is 5.65. The fourth-order valence-electron chi connectivity index (χ4n) is 1.14. The Kier molecular flexibility index (Phi) is 3.75. The van der Waals surface area contributed by atoms with E-state index in [4.69, 9.17) is 4.43 Å². The van der Waals surface area contributed by atoms with Crippen LogP contribution in [-0.2, 0) is 4.43 Å². The van der Waals surface area contributed by atoms with Crippen LogP contribution in [0.25, 0.3) is 0 Å². The minimum Gasteiger partial charge on any atom is -0.415 e. The van der Waals surface area contributed by atoms with Crippen molar-refractivity contribution in [1.29, 1.82) is 0 Å². The lowest BCUT2D eigenvalue weighted by atomic mass is 10.5. The molecule has 0 atom stereocenters. The number of hydrogen-bond acceptors (Lipinski definition) is 1. The predicted octanol–water partition coefficient (Wildman–Crippen LogP) is 3.59. The molecular formula is C10H24OSi2. The topological polar surface area (TPSA) is 9.23 Å². The van der Waals surface area contributed by atoms with Gasteiger partial charge in [0.15, 0.2) is 8.32 Å². The van der Waals surface area contributed by atoms with Crippen LogP contribution in [0.2, 0.25) is 32.7 Å². The van der Waals surface area contributed by atoms with Gasteiger partial charge in [0.1, 0.15) is 8.07 Å². The molecule has 0 aromatic carbocycles. The van der Waals surface area contributed by atoms with E-state index in [2.05, 4.69) is 58.9 Å². The maximum atomic E-state index is 6.21. The first-order valence-electron chi connectivity index (χ1n) is 4.86. The molecule has 0 heterocycles. The lowest BCUT2D eigenvalue weighted by Crippen LogP contribution is -2.55. The second-order valence-corrected chi connectivity index (χ2v) is 15.1. The normalized spacial score (nSPS) is 14.4. The summed E-state index contributed by atoms with van der Waals surface area (Å²) in [6, 6.07) is 0. The first-order valence-corrected chi connectivity index (χ1v) is 11.3. The Morgan fingerprint density at radius 2 is 1.46 bits per heavy atom. The van der Waals surface area contributed by atoms with E-state index in [-0.39, 0.29) is 5.22 Å². The molecule has 0 aliphatic rings. The van der Waals surface area contributed by atoms with Gasteiger partial charge in [-0.1, -0.05) is 18.8 Å². The molecule has 0 bridgehead atoms. The first kappa shape index (κ1) is 13.1. The average Bonchev–Trinajstić information content (AvgIpc) is 1.81. The van der Waals surface area contributed by atoms with Crippen LogP contribution >= 0.6 is 0 Å². The summed E-state index contributed by atoms with van der Waals surface area (Å²) in [5.41, 5.74) is 2.12. The lowest BCUT2D eigenvalue weighted by Gasteiger charge is -2.42. The number of rotatable bonds is 4. The van der Waals surface area contributed by atoms with Crippen LogP contribution in [0.3, 0.4) is 0 Å². The maximum Gasteiger partial charge on any atom is 0.184 e. The molecule has 13 heavy (non-hydrogen) atoms. The van der Waals surface area contributed by atoms with Crippen molar-refractivity contribution < 1.29 is 4.43 Å². The van der Waals surface area contributed by atoms with Gasteiger partial charge in [0, 0.05) is 5.22 Å². The molecule has 0 spiro atoms. The van der Waals surface area contributed by atoms with E-state index in [1.165, 1.54) is 0 Å². The van der Waals surface area contributed by atoms with Crippen LogP contribution in [0, 0.1) is 0 Å². The van der Waals surface area contributed by atoms with Crippen LogP contribution in [0.5, 0.6) is 0 Å². The van der Waals surface area contributed by atoms with E-state index in [9.17, 15) is 0 Å². The van der Waals surface area contributed by atoms with E-state index in [0.717, 1.165) is 0 Å². The van der Waals surface area contributed by atoms with Crippen molar-refractivity contribution in [2.45, 2.75) is 51.8 Å². The molecule has 3 heteroatoms. The van der Waals surface area contributed by atoms with Gasteiger partial charge in [-0.2, -0.15) is 0 Å².